The minimum Gasteiger partial charge on any atom is -0.393 e. The van der Waals surface area contributed by atoms with Crippen molar-refractivity contribution >= 4 is 6.03 Å². The van der Waals surface area contributed by atoms with Crippen molar-refractivity contribution in [3.63, 3.8) is 0 Å². The molecule has 2 unspecified atom stereocenters. The van der Waals surface area contributed by atoms with E-state index in [2.05, 4.69) is 33.0 Å². The molecule has 1 saturated heterocycles. The first-order chi connectivity index (χ1) is 9.71. The normalized spacial score (nSPS) is 21.5. The van der Waals surface area contributed by atoms with Crippen LogP contribution in [0.5, 0.6) is 0 Å². The molecule has 0 aliphatic carbocycles. The van der Waals surface area contributed by atoms with Gasteiger partial charge >= 0.3 is 6.03 Å². The molecule has 0 spiro atoms. The minimum atomic E-state index is -0.353. The van der Waals surface area contributed by atoms with E-state index < -0.39 is 0 Å². The summed E-state index contributed by atoms with van der Waals surface area (Å²) >= 11 is 0. The van der Waals surface area contributed by atoms with Gasteiger partial charge in [0.25, 0.3) is 0 Å². The number of aliphatic hydroxyl groups is 1. The number of urea groups is 1. The number of hydrogen-bond donors (Lipinski definition) is 2. The highest BCUT2D eigenvalue weighted by Crippen LogP contribution is 2.22. The second-order valence-electron chi connectivity index (χ2n) is 7.43. The lowest BCUT2D eigenvalue weighted by Crippen LogP contribution is -2.54. The van der Waals surface area contributed by atoms with Crippen molar-refractivity contribution in [2.45, 2.75) is 59.6 Å². The molecule has 2 amide bonds. The van der Waals surface area contributed by atoms with Crippen LogP contribution in [0.3, 0.4) is 0 Å². The average Bonchev–Trinajstić information content (AvgIpc) is 2.34. The van der Waals surface area contributed by atoms with Gasteiger partial charge in [-0.1, -0.05) is 27.7 Å². The Morgan fingerprint density at radius 2 is 2.10 bits per heavy atom. The number of amides is 2. The van der Waals surface area contributed by atoms with Gasteiger partial charge in [-0.15, -0.1) is 0 Å². The molecule has 21 heavy (non-hydrogen) atoms. The third kappa shape index (κ3) is 6.66. The van der Waals surface area contributed by atoms with E-state index in [1.807, 2.05) is 4.90 Å². The predicted octanol–water partition coefficient (Wildman–Crippen LogP) is 2.24. The summed E-state index contributed by atoms with van der Waals surface area (Å²) in [5, 5.41) is 12.5. The van der Waals surface area contributed by atoms with E-state index in [1.165, 1.54) is 0 Å². The number of carbonyl (C=O) groups is 1. The third-order valence-corrected chi connectivity index (χ3v) is 3.80. The molecule has 0 aromatic rings. The second-order valence-corrected chi connectivity index (χ2v) is 7.43. The molecule has 124 valence electrons. The van der Waals surface area contributed by atoms with E-state index in [0.717, 1.165) is 6.42 Å². The molecule has 1 fully saturated rings. The summed E-state index contributed by atoms with van der Waals surface area (Å²) in [6, 6.07) is 0.154. The van der Waals surface area contributed by atoms with Gasteiger partial charge in [-0.25, -0.2) is 4.79 Å². The quantitative estimate of drug-likeness (QED) is 0.791. The number of hydrogen-bond acceptors (Lipinski definition) is 3. The van der Waals surface area contributed by atoms with E-state index in [-0.39, 0.29) is 23.6 Å². The van der Waals surface area contributed by atoms with E-state index in [4.69, 9.17) is 4.74 Å². The molecular formula is C16H32N2O3. The molecule has 0 bridgehead atoms. The number of ether oxygens (including phenoxy) is 1. The van der Waals surface area contributed by atoms with E-state index in [0.29, 0.717) is 38.6 Å². The fraction of sp³-hybridized carbons (Fsp3) is 0.938. The van der Waals surface area contributed by atoms with Gasteiger partial charge in [0, 0.05) is 13.1 Å². The van der Waals surface area contributed by atoms with Gasteiger partial charge in [0.05, 0.1) is 25.4 Å². The second kappa shape index (κ2) is 7.99. The summed E-state index contributed by atoms with van der Waals surface area (Å²) in [4.78, 5) is 14.3. The van der Waals surface area contributed by atoms with Crippen LogP contribution in [-0.4, -0.2) is 54.5 Å². The molecule has 0 radical (unpaired) electrons. The summed E-state index contributed by atoms with van der Waals surface area (Å²) in [7, 11) is 0. The number of carbonyl (C=O) groups excluding carboxylic acids is 1. The van der Waals surface area contributed by atoms with Crippen LogP contribution < -0.4 is 5.32 Å². The van der Waals surface area contributed by atoms with Gasteiger partial charge in [0.15, 0.2) is 0 Å². The molecule has 2 N–H and O–H groups in total. The summed E-state index contributed by atoms with van der Waals surface area (Å²) in [6.45, 7) is 12.7. The zero-order chi connectivity index (χ0) is 16.0. The molecule has 1 rings (SSSR count). The zero-order valence-corrected chi connectivity index (χ0v) is 14.2. The van der Waals surface area contributed by atoms with E-state index in [1.54, 1.807) is 6.92 Å². The van der Waals surface area contributed by atoms with Crippen LogP contribution in [0, 0.1) is 11.3 Å². The van der Waals surface area contributed by atoms with Crippen molar-refractivity contribution in [3.05, 3.63) is 0 Å². The van der Waals surface area contributed by atoms with Crippen molar-refractivity contribution in [2.24, 2.45) is 11.3 Å². The maximum atomic E-state index is 12.4. The van der Waals surface area contributed by atoms with Crippen LogP contribution in [0.15, 0.2) is 0 Å². The number of morpholine rings is 1. The Bertz CT molecular complexity index is 329. The number of aliphatic hydroxyl groups excluding tert-OH is 1. The average molecular weight is 300 g/mol. The molecule has 1 aliphatic rings. The lowest BCUT2D eigenvalue weighted by atomic mass is 9.87. The molecule has 1 aliphatic heterocycles. The van der Waals surface area contributed by atoms with Gasteiger partial charge in [-0.05, 0) is 31.1 Å². The minimum absolute atomic E-state index is 0.0115. The summed E-state index contributed by atoms with van der Waals surface area (Å²) in [5.74, 6) is 0.540. The molecule has 2 atom stereocenters. The van der Waals surface area contributed by atoms with Crippen molar-refractivity contribution < 1.29 is 14.6 Å². The molecule has 1 heterocycles. The molecule has 0 aromatic heterocycles. The molecule has 0 saturated carbocycles. The Kier molecular flexibility index (Phi) is 6.94. The Hall–Kier alpha value is -0.810. The van der Waals surface area contributed by atoms with Crippen LogP contribution >= 0.6 is 0 Å². The summed E-state index contributed by atoms with van der Waals surface area (Å²) < 4.78 is 5.51. The van der Waals surface area contributed by atoms with Gasteiger partial charge < -0.3 is 20.1 Å². The SMILES string of the molecule is CC(C)CC1COCCN1C(=O)NCC(C)(C)CC(C)O. The van der Waals surface area contributed by atoms with Gasteiger partial charge in [-0.3, -0.25) is 0 Å². The summed E-state index contributed by atoms with van der Waals surface area (Å²) in [5.41, 5.74) is -0.107. The first-order valence-electron chi connectivity index (χ1n) is 8.01. The van der Waals surface area contributed by atoms with Crippen molar-refractivity contribution in [1.29, 1.82) is 0 Å². The van der Waals surface area contributed by atoms with Crippen molar-refractivity contribution in [3.8, 4) is 0 Å². The fourth-order valence-corrected chi connectivity index (χ4v) is 2.95. The van der Waals surface area contributed by atoms with Crippen LogP contribution in [0.4, 0.5) is 4.79 Å². The Morgan fingerprint density at radius 3 is 2.67 bits per heavy atom. The first-order valence-corrected chi connectivity index (χ1v) is 8.01. The Morgan fingerprint density at radius 1 is 1.43 bits per heavy atom. The van der Waals surface area contributed by atoms with Gasteiger partial charge in [-0.2, -0.15) is 0 Å². The maximum absolute atomic E-state index is 12.4. The summed E-state index contributed by atoms with van der Waals surface area (Å²) in [6.07, 6.45) is 1.28. The van der Waals surface area contributed by atoms with Gasteiger partial charge in [0.1, 0.15) is 0 Å². The molecular weight excluding hydrogens is 268 g/mol. The monoisotopic (exact) mass is 300 g/mol. The molecule has 5 nitrogen and oxygen atoms in total. The lowest BCUT2D eigenvalue weighted by Gasteiger charge is -2.37. The highest BCUT2D eigenvalue weighted by Gasteiger charge is 2.29. The van der Waals surface area contributed by atoms with Crippen molar-refractivity contribution in [1.82, 2.24) is 10.2 Å². The Labute approximate surface area is 129 Å². The predicted molar refractivity (Wildman–Crippen MR) is 84.2 cm³/mol. The maximum Gasteiger partial charge on any atom is 0.317 e. The lowest BCUT2D eigenvalue weighted by molar-refractivity contribution is 0.00489. The fourth-order valence-electron chi connectivity index (χ4n) is 2.95. The van der Waals surface area contributed by atoms with Crippen molar-refractivity contribution in [2.75, 3.05) is 26.3 Å². The highest BCUT2D eigenvalue weighted by molar-refractivity contribution is 5.74. The smallest absolute Gasteiger partial charge is 0.317 e. The Balaban J connectivity index is 2.52. The highest BCUT2D eigenvalue weighted by atomic mass is 16.5. The largest absolute Gasteiger partial charge is 0.393 e. The van der Waals surface area contributed by atoms with Crippen LogP contribution in [0.1, 0.15) is 47.5 Å². The number of nitrogens with zero attached hydrogens (tertiary/aromatic N) is 1. The molecule has 5 heteroatoms. The van der Waals surface area contributed by atoms with Crippen LogP contribution in [0.25, 0.3) is 0 Å². The zero-order valence-electron chi connectivity index (χ0n) is 14.2. The van der Waals surface area contributed by atoms with E-state index in [9.17, 15) is 9.90 Å². The standard InChI is InChI=1S/C16H32N2O3/c1-12(2)8-14-10-21-7-6-18(14)15(20)17-11-16(4,5)9-13(3)19/h12-14,19H,6-11H2,1-5H3,(H,17,20). The van der Waals surface area contributed by atoms with Crippen LogP contribution in [-0.2, 0) is 4.74 Å². The topological polar surface area (TPSA) is 61.8 Å². The third-order valence-electron chi connectivity index (χ3n) is 3.80. The van der Waals surface area contributed by atoms with E-state index >= 15 is 0 Å². The number of nitrogens with one attached hydrogen (secondary N) is 1. The van der Waals surface area contributed by atoms with Crippen LogP contribution in [0.2, 0.25) is 0 Å². The van der Waals surface area contributed by atoms with Gasteiger partial charge in [0.2, 0.25) is 0 Å². The molecule has 0 aromatic carbocycles. The number of rotatable bonds is 6. The first kappa shape index (κ1) is 18.2.